The summed E-state index contributed by atoms with van der Waals surface area (Å²) in [7, 11) is 1.65. The summed E-state index contributed by atoms with van der Waals surface area (Å²) in [5, 5.41) is 10.3. The average molecular weight is 331 g/mol. The Balaban J connectivity index is 2.70. The molecule has 0 fully saturated rings. The summed E-state index contributed by atoms with van der Waals surface area (Å²) in [6, 6.07) is 5.74. The van der Waals surface area contributed by atoms with E-state index in [0.29, 0.717) is 13.2 Å². The maximum atomic E-state index is 10.3. The molecule has 0 radical (unpaired) electrons. The number of aliphatic hydroxyl groups is 1. The van der Waals surface area contributed by atoms with Gasteiger partial charge >= 0.3 is 0 Å². The molecule has 0 aliphatic heterocycles. The predicted octanol–water partition coefficient (Wildman–Crippen LogP) is 3.94. The maximum absolute atomic E-state index is 10.3. The second kappa shape index (κ2) is 8.56. The zero-order chi connectivity index (χ0) is 14.3. The molecule has 0 aromatic heterocycles. The fourth-order valence-electron chi connectivity index (χ4n) is 1.99. The van der Waals surface area contributed by atoms with Crippen LogP contribution in [0.3, 0.4) is 0 Å². The lowest BCUT2D eigenvalue weighted by Crippen LogP contribution is -2.09. The van der Waals surface area contributed by atoms with Crippen molar-refractivity contribution in [2.24, 2.45) is 5.92 Å². The van der Waals surface area contributed by atoms with Gasteiger partial charge in [0.25, 0.3) is 0 Å². The molecule has 1 aromatic carbocycles. The van der Waals surface area contributed by atoms with Crippen LogP contribution in [0.2, 0.25) is 0 Å². The Morgan fingerprint density at radius 1 is 1.32 bits per heavy atom. The van der Waals surface area contributed by atoms with Crippen LogP contribution in [0.25, 0.3) is 0 Å². The molecule has 0 bridgehead atoms. The number of benzene rings is 1. The van der Waals surface area contributed by atoms with Crippen molar-refractivity contribution in [1.82, 2.24) is 0 Å². The van der Waals surface area contributed by atoms with E-state index in [4.69, 9.17) is 9.47 Å². The number of rotatable bonds is 8. The van der Waals surface area contributed by atoms with Crippen molar-refractivity contribution in [1.29, 1.82) is 0 Å². The molecule has 0 spiro atoms. The van der Waals surface area contributed by atoms with Gasteiger partial charge in [0, 0.05) is 7.11 Å². The van der Waals surface area contributed by atoms with Gasteiger partial charge in [0.05, 0.1) is 17.2 Å². The Bertz CT molecular complexity index is 382. The highest BCUT2D eigenvalue weighted by atomic mass is 79.9. The second-order valence-corrected chi connectivity index (χ2v) is 5.60. The standard InChI is InChI=1S/C15H23BrO3/c1-4-5-11(2)15(17)12-6-7-14(13(16)10-12)19-9-8-18-3/h6-7,10-11,15,17H,4-5,8-9H2,1-3H3. The molecular weight excluding hydrogens is 308 g/mol. The highest BCUT2D eigenvalue weighted by molar-refractivity contribution is 9.10. The molecule has 1 aromatic rings. The number of methoxy groups -OCH3 is 1. The van der Waals surface area contributed by atoms with Gasteiger partial charge in [-0.3, -0.25) is 0 Å². The molecule has 19 heavy (non-hydrogen) atoms. The highest BCUT2D eigenvalue weighted by Crippen LogP contribution is 2.32. The van der Waals surface area contributed by atoms with Crippen molar-refractivity contribution in [3.05, 3.63) is 28.2 Å². The Labute approximate surface area is 124 Å². The first kappa shape index (κ1) is 16.5. The maximum Gasteiger partial charge on any atom is 0.133 e. The van der Waals surface area contributed by atoms with Gasteiger partial charge in [-0.25, -0.2) is 0 Å². The van der Waals surface area contributed by atoms with Crippen molar-refractivity contribution in [2.45, 2.75) is 32.8 Å². The van der Waals surface area contributed by atoms with E-state index < -0.39 is 6.10 Å². The fraction of sp³-hybridized carbons (Fsp3) is 0.600. The number of hydrogen-bond donors (Lipinski definition) is 1. The predicted molar refractivity (Wildman–Crippen MR) is 80.5 cm³/mol. The summed E-state index contributed by atoms with van der Waals surface area (Å²) in [4.78, 5) is 0. The number of ether oxygens (including phenoxy) is 2. The molecule has 4 heteroatoms. The lowest BCUT2D eigenvalue weighted by atomic mass is 9.94. The van der Waals surface area contributed by atoms with Crippen LogP contribution in [-0.2, 0) is 4.74 Å². The van der Waals surface area contributed by atoms with E-state index >= 15 is 0 Å². The third-order valence-electron chi connectivity index (χ3n) is 3.13. The molecule has 0 saturated carbocycles. The number of halogens is 1. The molecule has 1 N–H and O–H groups in total. The fourth-order valence-corrected chi connectivity index (χ4v) is 2.51. The third-order valence-corrected chi connectivity index (χ3v) is 3.75. The molecular formula is C15H23BrO3. The van der Waals surface area contributed by atoms with Crippen LogP contribution in [0.4, 0.5) is 0 Å². The smallest absolute Gasteiger partial charge is 0.133 e. The molecule has 2 atom stereocenters. The number of hydrogen-bond acceptors (Lipinski definition) is 3. The number of aliphatic hydroxyl groups excluding tert-OH is 1. The van der Waals surface area contributed by atoms with Gasteiger partial charge in [0.1, 0.15) is 12.4 Å². The van der Waals surface area contributed by atoms with Crippen LogP contribution < -0.4 is 4.74 Å². The van der Waals surface area contributed by atoms with Gasteiger partial charge in [-0.1, -0.05) is 26.3 Å². The molecule has 3 nitrogen and oxygen atoms in total. The quantitative estimate of drug-likeness (QED) is 0.733. The van der Waals surface area contributed by atoms with Crippen LogP contribution in [0.5, 0.6) is 5.75 Å². The first-order chi connectivity index (χ1) is 9.10. The van der Waals surface area contributed by atoms with E-state index in [-0.39, 0.29) is 5.92 Å². The van der Waals surface area contributed by atoms with E-state index in [1.807, 2.05) is 18.2 Å². The highest BCUT2D eigenvalue weighted by Gasteiger charge is 2.16. The normalized spacial score (nSPS) is 14.2. The summed E-state index contributed by atoms with van der Waals surface area (Å²) in [5.74, 6) is 1.04. The van der Waals surface area contributed by atoms with Crippen molar-refractivity contribution in [3.8, 4) is 5.75 Å². The van der Waals surface area contributed by atoms with Gasteiger partial charge in [-0.05, 0) is 46.0 Å². The molecule has 0 aliphatic rings. The molecule has 1 rings (SSSR count). The Hall–Kier alpha value is -0.580. The van der Waals surface area contributed by atoms with Crippen molar-refractivity contribution >= 4 is 15.9 Å². The molecule has 0 heterocycles. The van der Waals surface area contributed by atoms with E-state index in [0.717, 1.165) is 28.6 Å². The van der Waals surface area contributed by atoms with E-state index in [1.54, 1.807) is 7.11 Å². The van der Waals surface area contributed by atoms with E-state index in [1.165, 1.54) is 0 Å². The first-order valence-electron chi connectivity index (χ1n) is 6.69. The molecule has 108 valence electrons. The van der Waals surface area contributed by atoms with E-state index in [2.05, 4.69) is 29.8 Å². The largest absolute Gasteiger partial charge is 0.490 e. The SMILES string of the molecule is CCCC(C)C(O)c1ccc(OCCOC)c(Br)c1. The van der Waals surface area contributed by atoms with Crippen LogP contribution in [0.15, 0.2) is 22.7 Å². The van der Waals surface area contributed by atoms with Crippen LogP contribution in [0, 0.1) is 5.92 Å². The Kier molecular flexibility index (Phi) is 7.42. The monoisotopic (exact) mass is 330 g/mol. The summed E-state index contributed by atoms with van der Waals surface area (Å²) in [6.45, 7) is 5.28. The minimum Gasteiger partial charge on any atom is -0.490 e. The van der Waals surface area contributed by atoms with Crippen LogP contribution >= 0.6 is 15.9 Å². The topological polar surface area (TPSA) is 38.7 Å². The molecule has 2 unspecified atom stereocenters. The van der Waals surface area contributed by atoms with Crippen molar-refractivity contribution in [3.63, 3.8) is 0 Å². The second-order valence-electron chi connectivity index (χ2n) is 4.74. The molecule has 0 saturated heterocycles. The van der Waals surface area contributed by atoms with Crippen molar-refractivity contribution < 1.29 is 14.6 Å². The van der Waals surface area contributed by atoms with Gasteiger partial charge in [-0.15, -0.1) is 0 Å². The molecule has 0 aliphatic carbocycles. The van der Waals surface area contributed by atoms with Gasteiger partial charge in [-0.2, -0.15) is 0 Å². The first-order valence-corrected chi connectivity index (χ1v) is 7.48. The summed E-state index contributed by atoms with van der Waals surface area (Å²) >= 11 is 3.48. The molecule has 0 amide bonds. The van der Waals surface area contributed by atoms with Crippen LogP contribution in [0.1, 0.15) is 38.4 Å². The van der Waals surface area contributed by atoms with Crippen molar-refractivity contribution in [2.75, 3.05) is 20.3 Å². The average Bonchev–Trinajstić information content (AvgIpc) is 2.40. The van der Waals surface area contributed by atoms with Crippen LogP contribution in [-0.4, -0.2) is 25.4 Å². The Morgan fingerprint density at radius 2 is 2.05 bits per heavy atom. The minimum atomic E-state index is -0.427. The Morgan fingerprint density at radius 3 is 2.63 bits per heavy atom. The van der Waals surface area contributed by atoms with Gasteiger partial charge < -0.3 is 14.6 Å². The summed E-state index contributed by atoms with van der Waals surface area (Å²) < 4.78 is 11.4. The lowest BCUT2D eigenvalue weighted by molar-refractivity contribution is 0.112. The zero-order valence-electron chi connectivity index (χ0n) is 11.9. The summed E-state index contributed by atoms with van der Waals surface area (Å²) in [5.41, 5.74) is 0.923. The third kappa shape index (κ3) is 5.13. The summed E-state index contributed by atoms with van der Waals surface area (Å²) in [6.07, 6.45) is 1.67. The minimum absolute atomic E-state index is 0.261. The van der Waals surface area contributed by atoms with Gasteiger partial charge in [0.15, 0.2) is 0 Å². The zero-order valence-corrected chi connectivity index (χ0v) is 13.4. The van der Waals surface area contributed by atoms with Gasteiger partial charge in [0.2, 0.25) is 0 Å². The van der Waals surface area contributed by atoms with E-state index in [9.17, 15) is 5.11 Å². The lowest BCUT2D eigenvalue weighted by Gasteiger charge is -2.19.